The fourth-order valence-electron chi connectivity index (χ4n) is 1.54. The van der Waals surface area contributed by atoms with Crippen molar-refractivity contribution < 1.29 is 19.4 Å². The Morgan fingerprint density at radius 2 is 2.06 bits per heavy atom. The number of esters is 1. The summed E-state index contributed by atoms with van der Waals surface area (Å²) in [6.07, 6.45) is 0.194. The highest BCUT2D eigenvalue weighted by molar-refractivity contribution is 5.93. The van der Waals surface area contributed by atoms with Crippen LogP contribution in [0.5, 0.6) is 0 Å². The monoisotopic (exact) mass is 236 g/mol. The van der Waals surface area contributed by atoms with Gasteiger partial charge in [0.2, 0.25) is 0 Å². The van der Waals surface area contributed by atoms with Crippen molar-refractivity contribution in [1.29, 1.82) is 0 Å². The maximum atomic E-state index is 11.7. The molecule has 0 heterocycles. The minimum Gasteiger partial charge on any atom is -0.462 e. The summed E-state index contributed by atoms with van der Waals surface area (Å²) < 4.78 is 4.92. The van der Waals surface area contributed by atoms with Gasteiger partial charge in [-0.1, -0.05) is 12.1 Å². The van der Waals surface area contributed by atoms with Crippen LogP contribution >= 0.6 is 0 Å². The molecule has 0 unspecified atom stereocenters. The smallest absolute Gasteiger partial charge is 0.338 e. The molecule has 0 atom stereocenters. The third-order valence-corrected chi connectivity index (χ3v) is 2.29. The number of benzene rings is 1. The molecule has 1 aromatic rings. The zero-order valence-electron chi connectivity index (χ0n) is 10.0. The highest BCUT2D eigenvalue weighted by Crippen LogP contribution is 2.15. The Kier molecular flexibility index (Phi) is 4.84. The van der Waals surface area contributed by atoms with Gasteiger partial charge >= 0.3 is 5.97 Å². The molecule has 17 heavy (non-hydrogen) atoms. The van der Waals surface area contributed by atoms with Crippen LogP contribution in [0.25, 0.3) is 0 Å². The lowest BCUT2D eigenvalue weighted by atomic mass is 10.00. The highest BCUT2D eigenvalue weighted by atomic mass is 16.5. The maximum absolute atomic E-state index is 11.7. The van der Waals surface area contributed by atoms with E-state index in [1.54, 1.807) is 25.1 Å². The summed E-state index contributed by atoms with van der Waals surface area (Å²) in [5, 5.41) is 9.03. The Balaban J connectivity index is 3.10. The van der Waals surface area contributed by atoms with E-state index in [0.29, 0.717) is 16.7 Å². The lowest BCUT2D eigenvalue weighted by molar-refractivity contribution is -0.116. The molecule has 0 aliphatic rings. The summed E-state index contributed by atoms with van der Waals surface area (Å²) in [4.78, 5) is 22.8. The van der Waals surface area contributed by atoms with E-state index in [4.69, 9.17) is 9.84 Å². The molecular weight excluding hydrogens is 220 g/mol. The van der Waals surface area contributed by atoms with Gasteiger partial charge in [-0.3, -0.25) is 4.79 Å². The molecule has 0 fully saturated rings. The largest absolute Gasteiger partial charge is 0.462 e. The van der Waals surface area contributed by atoms with Crippen LogP contribution in [0.3, 0.4) is 0 Å². The molecule has 4 heteroatoms. The van der Waals surface area contributed by atoms with Crippen LogP contribution in [0, 0.1) is 0 Å². The molecule has 0 aromatic heterocycles. The van der Waals surface area contributed by atoms with Crippen LogP contribution in [0.2, 0.25) is 0 Å². The van der Waals surface area contributed by atoms with Crippen molar-refractivity contribution in [3.05, 3.63) is 34.9 Å². The lowest BCUT2D eigenvalue weighted by Gasteiger charge is -2.09. The van der Waals surface area contributed by atoms with E-state index in [9.17, 15) is 9.59 Å². The van der Waals surface area contributed by atoms with Crippen LogP contribution in [0.15, 0.2) is 18.2 Å². The number of aliphatic hydroxyl groups is 1. The molecule has 4 nitrogen and oxygen atoms in total. The summed E-state index contributed by atoms with van der Waals surface area (Å²) in [6, 6.07) is 4.94. The molecule has 1 aromatic carbocycles. The number of aliphatic hydroxyl groups excluding tert-OH is 1. The first-order valence-corrected chi connectivity index (χ1v) is 5.47. The van der Waals surface area contributed by atoms with Gasteiger partial charge in [0.25, 0.3) is 0 Å². The first kappa shape index (κ1) is 13.4. The number of ketones is 1. The van der Waals surface area contributed by atoms with E-state index >= 15 is 0 Å². The minimum absolute atomic E-state index is 0.0210. The van der Waals surface area contributed by atoms with E-state index in [2.05, 4.69) is 0 Å². The number of Topliss-reactive ketones (excluding diaryl/α,β-unsaturated/α-hetero) is 1. The summed E-state index contributed by atoms with van der Waals surface area (Å²) in [5.41, 5.74) is 1.61. The van der Waals surface area contributed by atoms with Gasteiger partial charge in [0.05, 0.1) is 18.8 Å². The topological polar surface area (TPSA) is 63.6 Å². The summed E-state index contributed by atoms with van der Waals surface area (Å²) in [5.74, 6) is -0.480. The fraction of sp³-hybridized carbons (Fsp3) is 0.385. The molecule has 0 saturated heterocycles. The summed E-state index contributed by atoms with van der Waals surface area (Å²) in [7, 11) is 0. The Morgan fingerprint density at radius 3 is 2.59 bits per heavy atom. The van der Waals surface area contributed by atoms with Gasteiger partial charge in [-0.15, -0.1) is 0 Å². The second kappa shape index (κ2) is 6.15. The van der Waals surface area contributed by atoms with Crippen molar-refractivity contribution in [2.75, 3.05) is 6.61 Å². The van der Waals surface area contributed by atoms with Gasteiger partial charge < -0.3 is 9.84 Å². The molecule has 0 amide bonds. The van der Waals surface area contributed by atoms with Crippen molar-refractivity contribution in [2.24, 2.45) is 0 Å². The molecule has 1 N–H and O–H groups in total. The minimum atomic E-state index is -0.459. The number of hydrogen-bond donors (Lipinski definition) is 1. The first-order valence-electron chi connectivity index (χ1n) is 5.47. The second-order valence-electron chi connectivity index (χ2n) is 3.75. The second-order valence-corrected chi connectivity index (χ2v) is 3.75. The van der Waals surface area contributed by atoms with E-state index < -0.39 is 5.97 Å². The molecule has 0 aliphatic carbocycles. The van der Waals surface area contributed by atoms with Crippen LogP contribution in [0.1, 0.15) is 35.3 Å². The van der Waals surface area contributed by atoms with Gasteiger partial charge in [0.1, 0.15) is 5.78 Å². The Hall–Kier alpha value is -1.68. The van der Waals surface area contributed by atoms with Gasteiger partial charge in [-0.2, -0.15) is 0 Å². The predicted molar refractivity (Wildman–Crippen MR) is 62.7 cm³/mol. The Labute approximate surface area is 100 Å². The Bertz CT molecular complexity index is 423. The van der Waals surface area contributed by atoms with Gasteiger partial charge in [0.15, 0.2) is 0 Å². The van der Waals surface area contributed by atoms with Crippen LogP contribution < -0.4 is 0 Å². The average Bonchev–Trinajstić information content (AvgIpc) is 2.29. The SMILES string of the molecule is CCOC(=O)c1cc(CO)ccc1CC(C)=O. The predicted octanol–water partition coefficient (Wildman–Crippen LogP) is 1.49. The summed E-state index contributed by atoms with van der Waals surface area (Å²) in [6.45, 7) is 3.32. The third kappa shape index (κ3) is 3.67. The lowest BCUT2D eigenvalue weighted by Crippen LogP contribution is -2.11. The first-order chi connectivity index (χ1) is 8.08. The molecular formula is C13H16O4. The normalized spacial score (nSPS) is 10.1. The zero-order chi connectivity index (χ0) is 12.8. The van der Waals surface area contributed by atoms with Gasteiger partial charge in [-0.25, -0.2) is 4.79 Å². The maximum Gasteiger partial charge on any atom is 0.338 e. The van der Waals surface area contributed by atoms with E-state index in [0.717, 1.165) is 0 Å². The van der Waals surface area contributed by atoms with Crippen LogP contribution in [-0.4, -0.2) is 23.5 Å². The summed E-state index contributed by atoms with van der Waals surface area (Å²) >= 11 is 0. The van der Waals surface area contributed by atoms with Crippen molar-refractivity contribution in [2.45, 2.75) is 26.9 Å². The van der Waals surface area contributed by atoms with Crippen LogP contribution in [-0.2, 0) is 22.6 Å². The molecule has 92 valence electrons. The number of carbonyl (C=O) groups excluding carboxylic acids is 2. The molecule has 0 aliphatic heterocycles. The molecule has 0 saturated carbocycles. The van der Waals surface area contributed by atoms with Crippen LogP contribution in [0.4, 0.5) is 0 Å². The quantitative estimate of drug-likeness (QED) is 0.787. The van der Waals surface area contributed by atoms with Gasteiger partial charge in [0, 0.05) is 6.42 Å². The zero-order valence-corrected chi connectivity index (χ0v) is 10.0. The van der Waals surface area contributed by atoms with Crippen molar-refractivity contribution in [3.63, 3.8) is 0 Å². The van der Waals surface area contributed by atoms with Crippen molar-refractivity contribution >= 4 is 11.8 Å². The average molecular weight is 236 g/mol. The number of hydrogen-bond acceptors (Lipinski definition) is 4. The van der Waals surface area contributed by atoms with Crippen molar-refractivity contribution in [1.82, 2.24) is 0 Å². The van der Waals surface area contributed by atoms with E-state index in [1.807, 2.05) is 0 Å². The molecule has 0 spiro atoms. The Morgan fingerprint density at radius 1 is 1.35 bits per heavy atom. The third-order valence-electron chi connectivity index (χ3n) is 2.29. The molecule has 0 bridgehead atoms. The number of ether oxygens (including phenoxy) is 1. The number of carbonyl (C=O) groups is 2. The number of rotatable bonds is 5. The standard InChI is InChI=1S/C13H16O4/c1-3-17-13(16)12-7-10(8-14)4-5-11(12)6-9(2)15/h4-5,7,14H,3,6,8H2,1-2H3. The fourth-order valence-corrected chi connectivity index (χ4v) is 1.54. The van der Waals surface area contributed by atoms with Gasteiger partial charge in [-0.05, 0) is 31.0 Å². The van der Waals surface area contributed by atoms with Crippen molar-refractivity contribution in [3.8, 4) is 0 Å². The molecule has 1 rings (SSSR count). The van der Waals surface area contributed by atoms with E-state index in [1.165, 1.54) is 6.92 Å². The molecule has 0 radical (unpaired) electrons. The highest BCUT2D eigenvalue weighted by Gasteiger charge is 2.14. The van der Waals surface area contributed by atoms with E-state index in [-0.39, 0.29) is 25.4 Å².